The van der Waals surface area contributed by atoms with Crippen molar-refractivity contribution in [1.82, 2.24) is 10.3 Å². The molecule has 0 unspecified atom stereocenters. The van der Waals surface area contributed by atoms with Crippen molar-refractivity contribution in [2.75, 3.05) is 6.61 Å². The highest BCUT2D eigenvalue weighted by Crippen LogP contribution is 2.42. The fourth-order valence-electron chi connectivity index (χ4n) is 2.63. The van der Waals surface area contributed by atoms with Gasteiger partial charge in [0.1, 0.15) is 5.01 Å². The van der Waals surface area contributed by atoms with Gasteiger partial charge in [-0.1, -0.05) is 6.07 Å². The van der Waals surface area contributed by atoms with E-state index in [0.29, 0.717) is 11.8 Å². The number of fused-ring (bicyclic) bond motifs is 1. The van der Waals surface area contributed by atoms with Crippen LogP contribution in [-0.2, 0) is 6.54 Å². The first-order chi connectivity index (χ1) is 9.65. The summed E-state index contributed by atoms with van der Waals surface area (Å²) < 4.78 is 1.09. The molecule has 0 atom stereocenters. The number of carbonyl (C=O) groups is 1. The van der Waals surface area contributed by atoms with Gasteiger partial charge in [0.15, 0.2) is 0 Å². The first kappa shape index (κ1) is 13.3. The van der Waals surface area contributed by atoms with Crippen molar-refractivity contribution in [2.24, 2.45) is 5.92 Å². The lowest BCUT2D eigenvalue weighted by Gasteiger charge is -2.34. The molecular weight excluding hydrogens is 276 g/mol. The highest BCUT2D eigenvalue weighted by molar-refractivity contribution is 7.18. The minimum atomic E-state index is -1.03. The number of nitrogens with zero attached hydrogens (tertiary/aromatic N) is 1. The first-order valence-corrected chi connectivity index (χ1v) is 7.44. The molecule has 1 aromatic carbocycles. The summed E-state index contributed by atoms with van der Waals surface area (Å²) in [6.07, 6.45) is 1.07. The van der Waals surface area contributed by atoms with E-state index >= 15 is 0 Å². The van der Waals surface area contributed by atoms with Gasteiger partial charge in [-0.05, 0) is 42.4 Å². The van der Waals surface area contributed by atoms with Crippen LogP contribution in [0.15, 0.2) is 18.2 Å². The van der Waals surface area contributed by atoms with Crippen molar-refractivity contribution >= 4 is 27.6 Å². The predicted octanol–water partition coefficient (Wildman–Crippen LogP) is 2.55. The molecular formula is C14H16N2O3S. The normalized spacial score (nSPS) is 21.6. The molecule has 1 aromatic heterocycles. The number of thiazole rings is 1. The zero-order valence-electron chi connectivity index (χ0n) is 10.9. The summed E-state index contributed by atoms with van der Waals surface area (Å²) in [5.74, 6) is 0.992. The zero-order valence-corrected chi connectivity index (χ0v) is 11.7. The van der Waals surface area contributed by atoms with Crippen molar-refractivity contribution in [3.63, 3.8) is 0 Å². The Morgan fingerprint density at radius 1 is 1.45 bits per heavy atom. The third-order valence-corrected chi connectivity index (χ3v) is 4.83. The molecule has 2 aromatic rings. The predicted molar refractivity (Wildman–Crippen MR) is 77.0 cm³/mol. The second kappa shape index (κ2) is 5.38. The van der Waals surface area contributed by atoms with Crippen LogP contribution in [0.5, 0.6) is 0 Å². The molecule has 1 aliphatic carbocycles. The van der Waals surface area contributed by atoms with E-state index < -0.39 is 6.09 Å². The number of aliphatic hydroxyl groups is 1. The van der Waals surface area contributed by atoms with E-state index in [-0.39, 0.29) is 13.2 Å². The quantitative estimate of drug-likeness (QED) is 0.808. The Bertz CT molecular complexity index is 634. The fourth-order valence-corrected chi connectivity index (χ4v) is 3.58. The van der Waals surface area contributed by atoms with Crippen LogP contribution in [0, 0.1) is 5.92 Å². The molecule has 1 aliphatic rings. The van der Waals surface area contributed by atoms with Gasteiger partial charge in [0.05, 0.1) is 16.8 Å². The van der Waals surface area contributed by atoms with E-state index in [1.165, 1.54) is 16.9 Å². The van der Waals surface area contributed by atoms with Crippen LogP contribution in [0.4, 0.5) is 4.79 Å². The lowest BCUT2D eigenvalue weighted by Crippen LogP contribution is -2.24. The fraction of sp³-hybridized carbons (Fsp3) is 0.429. The van der Waals surface area contributed by atoms with E-state index in [9.17, 15) is 4.79 Å². The number of benzene rings is 1. The maximum Gasteiger partial charge on any atom is 0.405 e. The molecule has 20 heavy (non-hydrogen) atoms. The number of hydrogen-bond donors (Lipinski definition) is 3. The van der Waals surface area contributed by atoms with Crippen LogP contribution < -0.4 is 5.32 Å². The summed E-state index contributed by atoms with van der Waals surface area (Å²) in [5, 5.41) is 20.8. The Labute approximate surface area is 120 Å². The largest absolute Gasteiger partial charge is 0.465 e. The Morgan fingerprint density at radius 3 is 2.95 bits per heavy atom. The van der Waals surface area contributed by atoms with Crippen LogP contribution in [0.25, 0.3) is 10.2 Å². The standard InChI is InChI=1S/C14H16N2O3S/c17-7-8-3-10(4-8)9-1-2-11-12(5-9)20-13(16-11)6-15-14(18)19/h1-2,5,8,10,15,17H,3-4,6-7H2,(H,18,19)/t8-,10+. The molecule has 1 fully saturated rings. The lowest BCUT2D eigenvalue weighted by atomic mass is 9.72. The van der Waals surface area contributed by atoms with Gasteiger partial charge in [-0.2, -0.15) is 0 Å². The van der Waals surface area contributed by atoms with Gasteiger partial charge >= 0.3 is 6.09 Å². The molecule has 3 N–H and O–H groups in total. The van der Waals surface area contributed by atoms with E-state index in [4.69, 9.17) is 10.2 Å². The number of aliphatic hydroxyl groups excluding tert-OH is 1. The number of nitrogens with one attached hydrogen (secondary N) is 1. The minimum Gasteiger partial charge on any atom is -0.465 e. The highest BCUT2D eigenvalue weighted by atomic mass is 32.1. The monoisotopic (exact) mass is 292 g/mol. The summed E-state index contributed by atoms with van der Waals surface area (Å²) in [6, 6.07) is 6.24. The van der Waals surface area contributed by atoms with E-state index in [0.717, 1.165) is 28.1 Å². The number of carboxylic acid groups (broad SMARTS) is 1. The molecule has 3 rings (SSSR count). The van der Waals surface area contributed by atoms with Crippen LogP contribution in [0.2, 0.25) is 0 Å². The Morgan fingerprint density at radius 2 is 2.25 bits per heavy atom. The summed E-state index contributed by atoms with van der Waals surface area (Å²) in [7, 11) is 0. The Hall–Kier alpha value is -1.66. The van der Waals surface area contributed by atoms with Gasteiger partial charge in [0.25, 0.3) is 0 Å². The topological polar surface area (TPSA) is 82.5 Å². The lowest BCUT2D eigenvalue weighted by molar-refractivity contribution is 0.142. The molecule has 106 valence electrons. The van der Waals surface area contributed by atoms with Crippen LogP contribution in [0.3, 0.4) is 0 Å². The van der Waals surface area contributed by atoms with Crippen LogP contribution in [-0.4, -0.2) is 27.9 Å². The van der Waals surface area contributed by atoms with Gasteiger partial charge in [0, 0.05) is 6.61 Å². The number of rotatable bonds is 4. The third-order valence-electron chi connectivity index (χ3n) is 3.81. The van der Waals surface area contributed by atoms with Crippen molar-refractivity contribution in [3.8, 4) is 0 Å². The molecule has 0 aliphatic heterocycles. The zero-order chi connectivity index (χ0) is 14.1. The van der Waals surface area contributed by atoms with Crippen LogP contribution in [0.1, 0.15) is 29.3 Å². The Balaban J connectivity index is 1.76. The minimum absolute atomic E-state index is 0.250. The molecule has 1 heterocycles. The molecule has 0 saturated heterocycles. The van der Waals surface area contributed by atoms with E-state index in [1.54, 1.807) is 0 Å². The summed E-state index contributed by atoms with van der Waals surface area (Å²) in [4.78, 5) is 14.9. The van der Waals surface area contributed by atoms with Crippen molar-refractivity contribution in [2.45, 2.75) is 25.3 Å². The molecule has 0 spiro atoms. The van der Waals surface area contributed by atoms with Gasteiger partial charge in [-0.15, -0.1) is 11.3 Å². The van der Waals surface area contributed by atoms with Crippen molar-refractivity contribution < 1.29 is 15.0 Å². The maximum absolute atomic E-state index is 10.5. The SMILES string of the molecule is O=C(O)NCc1nc2ccc([C@H]3C[C@@H](CO)C3)cc2s1. The maximum atomic E-state index is 10.5. The molecule has 0 bridgehead atoms. The first-order valence-electron chi connectivity index (χ1n) is 6.62. The highest BCUT2D eigenvalue weighted by Gasteiger charge is 2.29. The average molecular weight is 292 g/mol. The van der Waals surface area contributed by atoms with Gasteiger partial charge < -0.3 is 15.5 Å². The Kier molecular flexibility index (Phi) is 3.58. The smallest absolute Gasteiger partial charge is 0.405 e. The molecule has 6 heteroatoms. The number of aromatic nitrogens is 1. The van der Waals surface area contributed by atoms with Gasteiger partial charge in [-0.3, -0.25) is 0 Å². The van der Waals surface area contributed by atoms with Crippen molar-refractivity contribution in [3.05, 3.63) is 28.8 Å². The molecule has 0 radical (unpaired) electrons. The average Bonchev–Trinajstić information content (AvgIpc) is 2.77. The van der Waals surface area contributed by atoms with Crippen molar-refractivity contribution in [1.29, 1.82) is 0 Å². The molecule has 5 nitrogen and oxygen atoms in total. The second-order valence-electron chi connectivity index (χ2n) is 5.21. The van der Waals surface area contributed by atoms with E-state index in [1.807, 2.05) is 6.07 Å². The summed E-state index contributed by atoms with van der Waals surface area (Å²) >= 11 is 1.53. The number of amides is 1. The second-order valence-corrected chi connectivity index (χ2v) is 6.33. The molecule has 1 saturated carbocycles. The number of hydrogen-bond acceptors (Lipinski definition) is 4. The third kappa shape index (κ3) is 2.62. The van der Waals surface area contributed by atoms with Gasteiger partial charge in [0.2, 0.25) is 0 Å². The van der Waals surface area contributed by atoms with Crippen LogP contribution >= 0.6 is 11.3 Å². The van der Waals surface area contributed by atoms with Gasteiger partial charge in [-0.25, -0.2) is 9.78 Å². The van der Waals surface area contributed by atoms with E-state index in [2.05, 4.69) is 22.4 Å². The summed E-state index contributed by atoms with van der Waals surface area (Å²) in [6.45, 7) is 0.532. The molecule has 1 amide bonds. The summed E-state index contributed by atoms with van der Waals surface area (Å²) in [5.41, 5.74) is 2.21.